The van der Waals surface area contributed by atoms with Crippen molar-refractivity contribution >= 4 is 43.6 Å². The van der Waals surface area contributed by atoms with Crippen molar-refractivity contribution in [3.8, 4) is 33.6 Å². The van der Waals surface area contributed by atoms with E-state index in [4.69, 9.17) is 0 Å². The van der Waals surface area contributed by atoms with Crippen molar-refractivity contribution in [2.45, 2.75) is 19.3 Å². The number of aromatic nitrogens is 2. The van der Waals surface area contributed by atoms with Gasteiger partial charge in [0.1, 0.15) is 0 Å². The van der Waals surface area contributed by atoms with Crippen LogP contribution >= 0.6 is 0 Å². The van der Waals surface area contributed by atoms with Crippen LogP contribution in [0.3, 0.4) is 0 Å². The van der Waals surface area contributed by atoms with Crippen molar-refractivity contribution in [1.82, 2.24) is 9.13 Å². The molecular weight excluding hydrogens is 569 g/mol. The van der Waals surface area contributed by atoms with Gasteiger partial charge in [0.15, 0.2) is 0 Å². The van der Waals surface area contributed by atoms with Crippen LogP contribution in [0.1, 0.15) is 25.0 Å². The molecule has 10 rings (SSSR count). The van der Waals surface area contributed by atoms with Gasteiger partial charge in [-0.2, -0.15) is 0 Å². The van der Waals surface area contributed by atoms with Crippen molar-refractivity contribution < 1.29 is 0 Å². The van der Waals surface area contributed by atoms with Gasteiger partial charge in [0.25, 0.3) is 0 Å². The zero-order valence-corrected chi connectivity index (χ0v) is 26.4. The molecule has 2 heteroatoms. The Morgan fingerprint density at radius 3 is 1.91 bits per heavy atom. The molecule has 0 N–H and O–H groups in total. The van der Waals surface area contributed by atoms with Gasteiger partial charge >= 0.3 is 0 Å². The molecule has 1 aliphatic rings. The molecule has 0 atom stereocenters. The topological polar surface area (TPSA) is 9.86 Å². The van der Waals surface area contributed by atoms with Crippen molar-refractivity contribution in [3.05, 3.63) is 169 Å². The predicted octanol–water partition coefficient (Wildman–Crippen LogP) is 11.9. The number of hydrogen-bond acceptors (Lipinski definition) is 0. The van der Waals surface area contributed by atoms with Crippen LogP contribution in [-0.2, 0) is 5.41 Å². The highest BCUT2D eigenvalue weighted by Crippen LogP contribution is 2.50. The second-order valence-electron chi connectivity index (χ2n) is 13.4. The minimum Gasteiger partial charge on any atom is -0.309 e. The molecule has 0 unspecified atom stereocenters. The Morgan fingerprint density at radius 2 is 1.06 bits per heavy atom. The third-order valence-electron chi connectivity index (χ3n) is 10.5. The number of rotatable bonds is 3. The van der Waals surface area contributed by atoms with Crippen molar-refractivity contribution in [2.24, 2.45) is 0 Å². The summed E-state index contributed by atoms with van der Waals surface area (Å²) in [5.74, 6) is 0. The van der Waals surface area contributed by atoms with E-state index in [-0.39, 0.29) is 5.41 Å². The van der Waals surface area contributed by atoms with E-state index >= 15 is 0 Å². The molecule has 0 fully saturated rings. The Kier molecular flexibility index (Phi) is 5.37. The molecule has 2 nitrogen and oxygen atoms in total. The molecule has 0 aliphatic heterocycles. The van der Waals surface area contributed by atoms with Gasteiger partial charge in [-0.1, -0.05) is 129 Å². The summed E-state index contributed by atoms with van der Waals surface area (Å²) in [6, 6.07) is 58.0. The van der Waals surface area contributed by atoms with Crippen LogP contribution in [0.4, 0.5) is 0 Å². The van der Waals surface area contributed by atoms with Crippen LogP contribution < -0.4 is 0 Å². The number of nitrogens with zero attached hydrogens (tertiary/aromatic N) is 2. The number of hydrogen-bond donors (Lipinski definition) is 0. The summed E-state index contributed by atoms with van der Waals surface area (Å²) < 4.78 is 4.96. The lowest BCUT2D eigenvalue weighted by Gasteiger charge is -2.22. The molecule has 2 heterocycles. The molecule has 2 aromatic heterocycles. The summed E-state index contributed by atoms with van der Waals surface area (Å²) in [4.78, 5) is 0. The van der Waals surface area contributed by atoms with E-state index in [0.29, 0.717) is 0 Å². The summed E-state index contributed by atoms with van der Waals surface area (Å²) in [5, 5.41) is 5.09. The first kappa shape index (κ1) is 26.4. The minimum absolute atomic E-state index is 0.0736. The molecule has 222 valence electrons. The lowest BCUT2D eigenvalue weighted by Crippen LogP contribution is -2.15. The summed E-state index contributed by atoms with van der Waals surface area (Å²) in [5.41, 5.74) is 15.1. The van der Waals surface area contributed by atoms with Gasteiger partial charge in [0.2, 0.25) is 0 Å². The Labute approximate surface area is 273 Å². The molecule has 7 aromatic carbocycles. The molecule has 0 saturated heterocycles. The van der Waals surface area contributed by atoms with E-state index in [2.05, 4.69) is 181 Å². The summed E-state index contributed by atoms with van der Waals surface area (Å²) >= 11 is 0. The highest BCUT2D eigenvalue weighted by atomic mass is 15.0. The molecule has 0 radical (unpaired) electrons. The second-order valence-corrected chi connectivity index (χ2v) is 13.4. The summed E-state index contributed by atoms with van der Waals surface area (Å²) in [6.07, 6.45) is 0. The fourth-order valence-corrected chi connectivity index (χ4v) is 8.34. The first-order chi connectivity index (χ1) is 23.1. The Morgan fingerprint density at radius 1 is 0.404 bits per heavy atom. The first-order valence-electron chi connectivity index (χ1n) is 16.5. The third kappa shape index (κ3) is 3.61. The van der Waals surface area contributed by atoms with Crippen molar-refractivity contribution in [1.29, 1.82) is 0 Å². The Hall–Kier alpha value is -5.86. The van der Waals surface area contributed by atoms with Gasteiger partial charge in [-0.15, -0.1) is 0 Å². The quantitative estimate of drug-likeness (QED) is 0.191. The fourth-order valence-electron chi connectivity index (χ4n) is 8.34. The van der Waals surface area contributed by atoms with E-state index < -0.39 is 0 Å². The monoisotopic (exact) mass is 600 g/mol. The lowest BCUT2D eigenvalue weighted by atomic mass is 9.82. The van der Waals surface area contributed by atoms with Gasteiger partial charge in [0, 0.05) is 38.3 Å². The smallest absolute Gasteiger partial charge is 0.0641 e. The second kappa shape index (κ2) is 9.57. The lowest BCUT2D eigenvalue weighted by molar-refractivity contribution is 0.660. The van der Waals surface area contributed by atoms with E-state index in [0.717, 1.165) is 5.69 Å². The summed E-state index contributed by atoms with van der Waals surface area (Å²) in [6.45, 7) is 4.73. The first-order valence-corrected chi connectivity index (χ1v) is 16.5. The van der Waals surface area contributed by atoms with E-state index in [1.54, 1.807) is 0 Å². The van der Waals surface area contributed by atoms with Crippen molar-refractivity contribution in [2.75, 3.05) is 0 Å². The van der Waals surface area contributed by atoms with Crippen LogP contribution in [0, 0.1) is 0 Å². The highest BCUT2D eigenvalue weighted by Gasteiger charge is 2.35. The molecule has 0 amide bonds. The SMILES string of the molecule is CC1(C)c2ccccc2-c2ccc(-n3c4ccccc4c4ccc5c(c6ccccc6n5-c5cccc(-c6ccccc6)c5)c43)cc21. The summed E-state index contributed by atoms with van der Waals surface area (Å²) in [7, 11) is 0. The van der Waals surface area contributed by atoms with Crippen LogP contribution in [-0.4, -0.2) is 9.13 Å². The van der Waals surface area contributed by atoms with Crippen LogP contribution in [0.2, 0.25) is 0 Å². The van der Waals surface area contributed by atoms with Gasteiger partial charge in [-0.25, -0.2) is 0 Å². The molecular formula is C45H32N2. The Balaban J connectivity index is 1.30. The fraction of sp³-hybridized carbons (Fsp3) is 0.0667. The zero-order valence-electron chi connectivity index (χ0n) is 26.4. The number of fused-ring (bicyclic) bond motifs is 10. The van der Waals surface area contributed by atoms with Crippen LogP contribution in [0.15, 0.2) is 158 Å². The maximum Gasteiger partial charge on any atom is 0.0641 e. The molecule has 9 aromatic rings. The number of benzene rings is 7. The largest absolute Gasteiger partial charge is 0.309 e. The normalized spacial score (nSPS) is 13.5. The highest BCUT2D eigenvalue weighted by molar-refractivity contribution is 6.26. The van der Waals surface area contributed by atoms with Crippen molar-refractivity contribution in [3.63, 3.8) is 0 Å². The average molecular weight is 601 g/mol. The van der Waals surface area contributed by atoms with E-state index in [1.807, 2.05) is 0 Å². The van der Waals surface area contributed by atoms with Gasteiger partial charge < -0.3 is 9.13 Å². The minimum atomic E-state index is -0.0736. The average Bonchev–Trinajstić information content (AvgIpc) is 3.72. The maximum atomic E-state index is 2.52. The molecule has 0 spiro atoms. The van der Waals surface area contributed by atoms with E-state index in [1.165, 1.54) is 82.7 Å². The molecule has 47 heavy (non-hydrogen) atoms. The van der Waals surface area contributed by atoms with Gasteiger partial charge in [0.05, 0.1) is 22.1 Å². The molecule has 0 bridgehead atoms. The van der Waals surface area contributed by atoms with Crippen LogP contribution in [0.25, 0.3) is 77.2 Å². The van der Waals surface area contributed by atoms with Gasteiger partial charge in [-0.05, 0) is 75.8 Å². The number of para-hydroxylation sites is 2. The van der Waals surface area contributed by atoms with E-state index in [9.17, 15) is 0 Å². The Bertz CT molecular complexity index is 2700. The molecule has 1 aliphatic carbocycles. The third-order valence-corrected chi connectivity index (χ3v) is 10.5. The zero-order chi connectivity index (χ0) is 31.3. The standard InChI is InChI=1S/C45H32N2/c1-45(2)38-20-9-6-17-33(38)34-24-23-32(28-39(34)45)47-40-21-10-7-18-35(40)36-25-26-42-43(44(36)47)37-19-8-11-22-41(37)46(42)31-16-12-15-30(27-31)29-13-4-3-5-14-29/h3-28H,1-2H3. The van der Waals surface area contributed by atoms with Gasteiger partial charge in [-0.3, -0.25) is 0 Å². The maximum absolute atomic E-state index is 2.52. The van der Waals surface area contributed by atoms with Crippen LogP contribution in [0.5, 0.6) is 0 Å². The predicted molar refractivity (Wildman–Crippen MR) is 198 cm³/mol. The molecule has 0 saturated carbocycles.